The Morgan fingerprint density at radius 3 is 2.43 bits per heavy atom. The Bertz CT molecular complexity index is 1230. The van der Waals surface area contributed by atoms with Crippen molar-refractivity contribution in [2.24, 2.45) is 0 Å². The highest BCUT2D eigenvalue weighted by Gasteiger charge is 2.46. The van der Waals surface area contributed by atoms with Crippen molar-refractivity contribution >= 4 is 27.7 Å². The lowest BCUT2D eigenvalue weighted by molar-refractivity contribution is -0.154. The second-order valence-electron chi connectivity index (χ2n) is 6.98. The summed E-state index contributed by atoms with van der Waals surface area (Å²) in [6, 6.07) is 15.5. The van der Waals surface area contributed by atoms with E-state index in [1.165, 1.54) is 24.3 Å². The molecular formula is C23H18F2O5. The monoisotopic (exact) mass is 412 g/mol. The molecule has 0 aliphatic heterocycles. The Balaban J connectivity index is 1.99. The van der Waals surface area contributed by atoms with Crippen LogP contribution in [-0.2, 0) is 10.7 Å². The number of halogens is 2. The number of aromatic hydroxyl groups is 1. The number of benzene rings is 3. The van der Waals surface area contributed by atoms with Crippen LogP contribution in [-0.4, -0.2) is 33.8 Å². The van der Waals surface area contributed by atoms with Crippen LogP contribution in [0.15, 0.2) is 65.1 Å². The van der Waals surface area contributed by atoms with Crippen LogP contribution in [0.3, 0.4) is 0 Å². The van der Waals surface area contributed by atoms with Gasteiger partial charge in [-0.25, -0.2) is 0 Å². The quantitative estimate of drug-likeness (QED) is 0.438. The third-order valence-electron chi connectivity index (χ3n) is 5.07. The summed E-state index contributed by atoms with van der Waals surface area (Å²) in [6.45, 7) is -0.629. The van der Waals surface area contributed by atoms with Crippen LogP contribution in [0.1, 0.15) is 12.0 Å². The zero-order valence-corrected chi connectivity index (χ0v) is 15.7. The molecule has 154 valence electrons. The molecule has 1 atom stereocenters. The third-order valence-corrected chi connectivity index (χ3v) is 5.07. The fraction of sp³-hybridized carbons (Fsp3) is 0.174. The number of aliphatic hydroxyl groups excluding tert-OH is 2. The second-order valence-corrected chi connectivity index (χ2v) is 6.98. The number of phenolic OH excluding ortho intramolecular Hbond substituents is 1. The number of fused-ring (bicyclic) bond motifs is 3. The first-order valence-electron chi connectivity index (χ1n) is 9.28. The second kappa shape index (κ2) is 7.51. The lowest BCUT2D eigenvalue weighted by atomic mass is 9.92. The van der Waals surface area contributed by atoms with Crippen molar-refractivity contribution in [1.82, 2.24) is 0 Å². The fourth-order valence-corrected chi connectivity index (χ4v) is 3.57. The first kappa shape index (κ1) is 20.0. The maximum absolute atomic E-state index is 15.2. The zero-order chi connectivity index (χ0) is 21.5. The van der Waals surface area contributed by atoms with Crippen molar-refractivity contribution in [1.29, 1.82) is 0 Å². The number of carbonyl (C=O) groups is 1. The molecule has 0 spiro atoms. The van der Waals surface area contributed by atoms with Gasteiger partial charge < -0.3 is 19.7 Å². The molecule has 0 aliphatic rings. The molecule has 0 bridgehead atoms. The minimum atomic E-state index is -3.90. The van der Waals surface area contributed by atoms with Crippen LogP contribution >= 0.6 is 0 Å². The number of alkyl halides is 2. The average molecular weight is 412 g/mol. The first-order chi connectivity index (χ1) is 14.3. The van der Waals surface area contributed by atoms with Gasteiger partial charge in [-0.2, -0.15) is 8.78 Å². The van der Waals surface area contributed by atoms with Crippen LogP contribution in [0.25, 0.3) is 33.1 Å². The Labute approximate surface area is 169 Å². The molecule has 0 saturated carbocycles. The van der Waals surface area contributed by atoms with Gasteiger partial charge in [0.1, 0.15) is 16.9 Å². The van der Waals surface area contributed by atoms with Gasteiger partial charge in [0.05, 0.1) is 6.61 Å². The number of rotatable bonds is 6. The van der Waals surface area contributed by atoms with E-state index in [0.29, 0.717) is 22.1 Å². The molecule has 0 saturated heterocycles. The highest BCUT2D eigenvalue weighted by molar-refractivity contribution is 6.11. The highest BCUT2D eigenvalue weighted by Crippen LogP contribution is 2.44. The normalized spacial score (nSPS) is 13.1. The van der Waals surface area contributed by atoms with Crippen molar-refractivity contribution in [3.05, 3.63) is 66.2 Å². The lowest BCUT2D eigenvalue weighted by Crippen LogP contribution is -2.38. The largest absolute Gasteiger partial charge is 0.508 e. The van der Waals surface area contributed by atoms with Crippen molar-refractivity contribution in [3.8, 4) is 16.9 Å². The molecule has 3 N–H and O–H groups in total. The van der Waals surface area contributed by atoms with Gasteiger partial charge in [0.2, 0.25) is 0 Å². The number of phenols is 1. The van der Waals surface area contributed by atoms with E-state index in [9.17, 15) is 15.0 Å². The molecule has 7 heteroatoms. The van der Waals surface area contributed by atoms with Gasteiger partial charge >= 0.3 is 5.92 Å². The number of hydrogen-bond acceptors (Lipinski definition) is 5. The summed E-state index contributed by atoms with van der Waals surface area (Å²) < 4.78 is 36.3. The van der Waals surface area contributed by atoms with E-state index in [-0.39, 0.29) is 16.7 Å². The average Bonchev–Trinajstić information content (AvgIpc) is 3.13. The van der Waals surface area contributed by atoms with E-state index in [1.807, 2.05) is 0 Å². The van der Waals surface area contributed by atoms with Gasteiger partial charge in [0.25, 0.3) is 0 Å². The predicted molar refractivity (Wildman–Crippen MR) is 107 cm³/mol. The Morgan fingerprint density at radius 2 is 1.73 bits per heavy atom. The molecular weight excluding hydrogens is 394 g/mol. The maximum Gasteiger partial charge on any atom is 0.306 e. The maximum atomic E-state index is 15.2. The third kappa shape index (κ3) is 3.22. The van der Waals surface area contributed by atoms with Crippen molar-refractivity contribution in [3.63, 3.8) is 0 Å². The SMILES string of the molecule is O=C(CCO)C(O)C(F)(F)c1ccc(-c2ccc(O)cc2)c2oc3ccccc3c12. The summed E-state index contributed by atoms with van der Waals surface area (Å²) in [7, 11) is 0. The van der Waals surface area contributed by atoms with E-state index in [2.05, 4.69) is 0 Å². The van der Waals surface area contributed by atoms with Gasteiger partial charge in [-0.15, -0.1) is 0 Å². The molecule has 5 nitrogen and oxygen atoms in total. The van der Waals surface area contributed by atoms with Gasteiger partial charge in [-0.3, -0.25) is 4.79 Å². The van der Waals surface area contributed by atoms with Gasteiger partial charge in [-0.05, 0) is 23.8 Å². The van der Waals surface area contributed by atoms with E-state index in [0.717, 1.165) is 0 Å². The number of Topliss-reactive ketones (excluding diaryl/α,β-unsaturated/α-hetero) is 1. The molecule has 3 aromatic carbocycles. The predicted octanol–water partition coefficient (Wildman–Crippen LogP) is 4.36. The summed E-state index contributed by atoms with van der Waals surface area (Å²) in [4.78, 5) is 11.9. The minimum absolute atomic E-state index is 0.0632. The van der Waals surface area contributed by atoms with Crippen LogP contribution in [0.2, 0.25) is 0 Å². The van der Waals surface area contributed by atoms with Crippen LogP contribution in [0.4, 0.5) is 8.78 Å². The number of hydrogen-bond donors (Lipinski definition) is 3. The molecule has 0 aliphatic carbocycles. The zero-order valence-electron chi connectivity index (χ0n) is 15.7. The number of aliphatic hydroxyl groups is 2. The van der Waals surface area contributed by atoms with Crippen molar-refractivity contribution in [2.75, 3.05) is 6.61 Å². The molecule has 30 heavy (non-hydrogen) atoms. The number of para-hydroxylation sites is 1. The fourth-order valence-electron chi connectivity index (χ4n) is 3.57. The molecule has 0 radical (unpaired) electrons. The van der Waals surface area contributed by atoms with E-state index >= 15 is 8.78 Å². The lowest BCUT2D eigenvalue weighted by Gasteiger charge is -2.23. The van der Waals surface area contributed by atoms with E-state index in [1.54, 1.807) is 36.4 Å². The first-order valence-corrected chi connectivity index (χ1v) is 9.28. The van der Waals surface area contributed by atoms with Gasteiger partial charge in [0, 0.05) is 28.3 Å². The molecule has 4 rings (SSSR count). The van der Waals surface area contributed by atoms with Crippen LogP contribution in [0, 0.1) is 0 Å². The Morgan fingerprint density at radius 1 is 1.03 bits per heavy atom. The van der Waals surface area contributed by atoms with Crippen LogP contribution < -0.4 is 0 Å². The highest BCUT2D eigenvalue weighted by atomic mass is 19.3. The van der Waals surface area contributed by atoms with Crippen molar-refractivity contribution < 1.29 is 33.3 Å². The molecule has 1 aromatic heterocycles. The molecule has 1 heterocycles. The smallest absolute Gasteiger partial charge is 0.306 e. The Kier molecular flexibility index (Phi) is 5.01. The minimum Gasteiger partial charge on any atom is -0.508 e. The summed E-state index contributed by atoms with van der Waals surface area (Å²) in [5, 5.41) is 29.0. The molecule has 1 unspecified atom stereocenters. The topological polar surface area (TPSA) is 90.9 Å². The number of furan rings is 1. The van der Waals surface area contributed by atoms with Gasteiger partial charge in [0.15, 0.2) is 11.9 Å². The molecule has 0 fully saturated rings. The van der Waals surface area contributed by atoms with Gasteiger partial charge in [-0.1, -0.05) is 42.5 Å². The Hall–Kier alpha value is -3.29. The molecule has 4 aromatic rings. The standard InChI is InChI=1S/C23H18F2O5/c24-23(25,22(29)18(28)11-12-26)17-10-9-15(13-5-7-14(27)8-6-13)21-20(17)16-3-1-2-4-19(16)30-21/h1-10,22,26-27,29H,11-12H2. The number of carbonyl (C=O) groups excluding carboxylic acids is 1. The molecule has 0 amide bonds. The van der Waals surface area contributed by atoms with E-state index < -0.39 is 36.4 Å². The van der Waals surface area contributed by atoms with Crippen LogP contribution in [0.5, 0.6) is 5.75 Å². The summed E-state index contributed by atoms with van der Waals surface area (Å²) in [5.41, 5.74) is 1.19. The van der Waals surface area contributed by atoms with E-state index in [4.69, 9.17) is 9.52 Å². The number of ketones is 1. The summed E-state index contributed by atoms with van der Waals surface area (Å²) >= 11 is 0. The summed E-state index contributed by atoms with van der Waals surface area (Å²) in [6.07, 6.45) is -3.17. The summed E-state index contributed by atoms with van der Waals surface area (Å²) in [5.74, 6) is -4.98. The van der Waals surface area contributed by atoms with Crippen molar-refractivity contribution in [2.45, 2.75) is 18.4 Å².